The normalized spacial score (nSPS) is 30.7. The van der Waals surface area contributed by atoms with E-state index in [0.717, 1.165) is 19.3 Å². The van der Waals surface area contributed by atoms with E-state index in [1.807, 2.05) is 0 Å². The summed E-state index contributed by atoms with van der Waals surface area (Å²) >= 11 is 0. The number of rotatable bonds is 1. The molecule has 2 atom stereocenters. The summed E-state index contributed by atoms with van der Waals surface area (Å²) < 4.78 is 0. The minimum Gasteiger partial charge on any atom is -0.375 e. The molecule has 2 N–H and O–H groups in total. The van der Waals surface area contributed by atoms with E-state index in [2.05, 4.69) is 5.32 Å². The zero-order valence-corrected chi connectivity index (χ0v) is 10.7. The molecule has 1 amide bonds. The summed E-state index contributed by atoms with van der Waals surface area (Å²) in [5.74, 6) is -1.07. The number of nitrogens with one attached hydrogen (secondary N) is 1. The average molecular weight is 259 g/mol. The summed E-state index contributed by atoms with van der Waals surface area (Å²) in [6, 6.07) is 7.07. The van der Waals surface area contributed by atoms with Gasteiger partial charge in [-0.15, -0.1) is 0 Å². The maximum Gasteiger partial charge on any atom is 0.261 e. The van der Waals surface area contributed by atoms with Gasteiger partial charge < -0.3 is 10.4 Å². The summed E-state index contributed by atoms with van der Waals surface area (Å²) in [5, 5.41) is 13.6. The van der Waals surface area contributed by atoms with Crippen LogP contribution in [0.4, 0.5) is 5.69 Å². The van der Waals surface area contributed by atoms with Crippen molar-refractivity contribution >= 4 is 17.4 Å². The summed E-state index contributed by atoms with van der Waals surface area (Å²) in [7, 11) is 0. The van der Waals surface area contributed by atoms with Gasteiger partial charge in [-0.05, 0) is 18.9 Å². The molecule has 4 heteroatoms. The number of carbonyl (C=O) groups excluding carboxylic acids is 2. The summed E-state index contributed by atoms with van der Waals surface area (Å²) in [4.78, 5) is 24.4. The number of hydrogen-bond donors (Lipinski definition) is 2. The molecule has 0 unspecified atom stereocenters. The van der Waals surface area contributed by atoms with Crippen molar-refractivity contribution in [2.45, 2.75) is 37.7 Å². The lowest BCUT2D eigenvalue weighted by molar-refractivity contribution is -0.148. The van der Waals surface area contributed by atoms with Gasteiger partial charge in [0, 0.05) is 17.7 Å². The van der Waals surface area contributed by atoms with E-state index < -0.39 is 17.4 Å². The zero-order valence-electron chi connectivity index (χ0n) is 10.7. The fourth-order valence-corrected chi connectivity index (χ4v) is 3.21. The van der Waals surface area contributed by atoms with Crippen LogP contribution in [0.25, 0.3) is 0 Å². The van der Waals surface area contributed by atoms with E-state index in [1.165, 1.54) is 0 Å². The van der Waals surface area contributed by atoms with Crippen molar-refractivity contribution in [1.29, 1.82) is 0 Å². The Hall–Kier alpha value is -1.68. The first-order valence-corrected chi connectivity index (χ1v) is 6.80. The summed E-state index contributed by atoms with van der Waals surface area (Å²) in [6.45, 7) is 0. The molecule has 19 heavy (non-hydrogen) atoms. The van der Waals surface area contributed by atoms with Gasteiger partial charge in [-0.3, -0.25) is 9.59 Å². The number of fused-ring (bicyclic) bond motifs is 1. The summed E-state index contributed by atoms with van der Waals surface area (Å²) in [6.07, 6.45) is 3.77. The topological polar surface area (TPSA) is 66.4 Å². The molecule has 2 aliphatic rings. The van der Waals surface area contributed by atoms with Crippen LogP contribution in [-0.4, -0.2) is 16.8 Å². The van der Waals surface area contributed by atoms with Crippen molar-refractivity contribution in [3.8, 4) is 0 Å². The number of carbonyl (C=O) groups is 2. The van der Waals surface area contributed by atoms with Gasteiger partial charge in [0.15, 0.2) is 5.60 Å². The zero-order chi connectivity index (χ0) is 13.5. The molecule has 1 aromatic carbocycles. The Morgan fingerprint density at radius 3 is 2.79 bits per heavy atom. The second-order valence-electron chi connectivity index (χ2n) is 5.38. The van der Waals surface area contributed by atoms with E-state index in [1.54, 1.807) is 24.3 Å². The molecule has 1 heterocycles. The Labute approximate surface area is 111 Å². The molecule has 1 aliphatic carbocycles. The Morgan fingerprint density at radius 2 is 1.95 bits per heavy atom. The van der Waals surface area contributed by atoms with E-state index in [-0.39, 0.29) is 5.78 Å². The number of Topliss-reactive ketones (excluding diaryl/α,β-unsaturated/α-hetero) is 1. The average Bonchev–Trinajstić information content (AvgIpc) is 2.56. The Balaban J connectivity index is 2.06. The van der Waals surface area contributed by atoms with E-state index in [9.17, 15) is 14.7 Å². The smallest absolute Gasteiger partial charge is 0.261 e. The highest BCUT2D eigenvalue weighted by Crippen LogP contribution is 2.44. The number of amides is 1. The van der Waals surface area contributed by atoms with Gasteiger partial charge in [0.05, 0.1) is 5.92 Å². The first kappa shape index (κ1) is 12.4. The van der Waals surface area contributed by atoms with Crippen molar-refractivity contribution in [3.05, 3.63) is 29.8 Å². The first-order valence-electron chi connectivity index (χ1n) is 6.80. The number of hydrogen-bond acceptors (Lipinski definition) is 3. The third kappa shape index (κ3) is 1.78. The molecule has 0 spiro atoms. The molecule has 0 aromatic heterocycles. The maximum absolute atomic E-state index is 12.2. The predicted octanol–water partition coefficient (Wildman–Crippen LogP) is 1.98. The molecule has 1 aliphatic heterocycles. The molecule has 4 nitrogen and oxygen atoms in total. The van der Waals surface area contributed by atoms with Crippen LogP contribution < -0.4 is 5.32 Å². The van der Waals surface area contributed by atoms with Gasteiger partial charge in [0.2, 0.25) is 0 Å². The number of anilines is 1. The Kier molecular flexibility index (Phi) is 2.90. The van der Waals surface area contributed by atoms with Gasteiger partial charge in [-0.2, -0.15) is 0 Å². The lowest BCUT2D eigenvalue weighted by Gasteiger charge is -2.29. The van der Waals surface area contributed by atoms with E-state index in [0.29, 0.717) is 24.1 Å². The van der Waals surface area contributed by atoms with Crippen molar-refractivity contribution in [3.63, 3.8) is 0 Å². The van der Waals surface area contributed by atoms with Crippen LogP contribution in [0.5, 0.6) is 0 Å². The number of benzene rings is 1. The van der Waals surface area contributed by atoms with Gasteiger partial charge >= 0.3 is 0 Å². The molecular weight excluding hydrogens is 242 g/mol. The predicted molar refractivity (Wildman–Crippen MR) is 70.6 cm³/mol. The van der Waals surface area contributed by atoms with E-state index >= 15 is 0 Å². The fraction of sp³-hybridized carbons (Fsp3) is 0.467. The van der Waals surface area contributed by atoms with Gasteiger partial charge in [0.1, 0.15) is 5.78 Å². The second-order valence-corrected chi connectivity index (χ2v) is 5.38. The van der Waals surface area contributed by atoms with Crippen LogP contribution in [0.3, 0.4) is 0 Å². The third-order valence-corrected chi connectivity index (χ3v) is 4.24. The van der Waals surface area contributed by atoms with Crippen LogP contribution in [0.1, 0.15) is 37.7 Å². The monoisotopic (exact) mass is 259 g/mol. The molecule has 1 aromatic rings. The van der Waals surface area contributed by atoms with Gasteiger partial charge in [0.25, 0.3) is 5.91 Å². The third-order valence-electron chi connectivity index (χ3n) is 4.24. The van der Waals surface area contributed by atoms with Crippen LogP contribution in [0, 0.1) is 5.92 Å². The van der Waals surface area contributed by atoms with Crippen molar-refractivity contribution in [2.24, 2.45) is 5.92 Å². The van der Waals surface area contributed by atoms with Crippen LogP contribution >= 0.6 is 0 Å². The second kappa shape index (κ2) is 4.46. The van der Waals surface area contributed by atoms with E-state index in [4.69, 9.17) is 0 Å². The van der Waals surface area contributed by atoms with Gasteiger partial charge in [-0.1, -0.05) is 31.0 Å². The molecule has 0 bridgehead atoms. The molecule has 3 rings (SSSR count). The minimum absolute atomic E-state index is 0.00635. The first-order chi connectivity index (χ1) is 9.14. The number of ketones is 1. The molecular formula is C15H17NO3. The highest BCUT2D eigenvalue weighted by Gasteiger charge is 2.53. The quantitative estimate of drug-likeness (QED) is 0.758. The van der Waals surface area contributed by atoms with Crippen LogP contribution in [0.15, 0.2) is 24.3 Å². The SMILES string of the molecule is O=C1CCCCC[C@@H]1[C@]1(O)C(=O)Nc2ccccc21. The van der Waals surface area contributed by atoms with Crippen LogP contribution in [-0.2, 0) is 15.2 Å². The maximum atomic E-state index is 12.2. The molecule has 1 fully saturated rings. The highest BCUT2D eigenvalue weighted by atomic mass is 16.3. The molecule has 0 radical (unpaired) electrons. The molecule has 100 valence electrons. The standard InChI is InChI=1S/C15H17NO3/c17-13-9-3-1-2-7-11(13)15(19)10-6-4-5-8-12(10)16-14(15)18/h4-6,8,11,19H,1-3,7,9H2,(H,16,18)/t11-,15-/m0/s1. The largest absolute Gasteiger partial charge is 0.375 e. The number of para-hydroxylation sites is 1. The number of aliphatic hydroxyl groups is 1. The summed E-state index contributed by atoms with van der Waals surface area (Å²) in [5.41, 5.74) is -0.523. The van der Waals surface area contributed by atoms with Crippen molar-refractivity contribution < 1.29 is 14.7 Å². The highest BCUT2D eigenvalue weighted by molar-refractivity contribution is 6.07. The Bertz CT molecular complexity index is 540. The van der Waals surface area contributed by atoms with Gasteiger partial charge in [-0.25, -0.2) is 0 Å². The van der Waals surface area contributed by atoms with Crippen molar-refractivity contribution in [2.75, 3.05) is 5.32 Å². The molecule has 1 saturated carbocycles. The van der Waals surface area contributed by atoms with Crippen LogP contribution in [0.2, 0.25) is 0 Å². The lowest BCUT2D eigenvalue weighted by atomic mass is 9.77. The van der Waals surface area contributed by atoms with Crippen molar-refractivity contribution in [1.82, 2.24) is 0 Å². The molecule has 0 saturated heterocycles. The fourth-order valence-electron chi connectivity index (χ4n) is 3.21. The lowest BCUT2D eigenvalue weighted by Crippen LogP contribution is -2.45. The Morgan fingerprint density at radius 1 is 1.16 bits per heavy atom. The minimum atomic E-state index is -1.68.